The maximum absolute atomic E-state index is 12.3. The molecule has 0 aliphatic rings. The molecule has 4 N–H and O–H groups in total. The number of benzene rings is 1. The summed E-state index contributed by atoms with van der Waals surface area (Å²) < 4.78 is 29.6. The van der Waals surface area contributed by atoms with Crippen molar-refractivity contribution in [3.63, 3.8) is 0 Å². The predicted octanol–water partition coefficient (Wildman–Crippen LogP) is 0.376. The van der Waals surface area contributed by atoms with E-state index >= 15 is 0 Å². The van der Waals surface area contributed by atoms with Crippen molar-refractivity contribution in [2.75, 3.05) is 18.9 Å². The van der Waals surface area contributed by atoms with E-state index in [1.54, 1.807) is 26.0 Å². The van der Waals surface area contributed by atoms with Gasteiger partial charge in [-0.2, -0.15) is 0 Å². The molecule has 9 heteroatoms. The molecule has 0 aliphatic heterocycles. The minimum atomic E-state index is -3.43. The fourth-order valence-electron chi connectivity index (χ4n) is 2.31. The molecule has 0 saturated carbocycles. The van der Waals surface area contributed by atoms with Crippen molar-refractivity contribution in [1.29, 1.82) is 0 Å². The summed E-state index contributed by atoms with van der Waals surface area (Å²) in [4.78, 5) is 23.6. The van der Waals surface area contributed by atoms with E-state index in [4.69, 9.17) is 15.6 Å². The number of hydrogen-bond acceptors (Lipinski definition) is 7. The number of hydrogen-bond donors (Lipinski definition) is 3. The zero-order valence-corrected chi connectivity index (χ0v) is 16.5. The summed E-state index contributed by atoms with van der Waals surface area (Å²) in [6.07, 6.45) is 0.716. The molecule has 0 aliphatic carbocycles. The minimum absolute atomic E-state index is 0.0689. The molecule has 1 aromatic rings. The third-order valence-corrected chi connectivity index (χ3v) is 5.76. The van der Waals surface area contributed by atoms with Crippen LogP contribution in [-0.2, 0) is 30.8 Å². The van der Waals surface area contributed by atoms with Crippen LogP contribution in [0.3, 0.4) is 0 Å². The monoisotopic (exact) mass is 400 g/mol. The van der Waals surface area contributed by atoms with Crippen LogP contribution in [0.4, 0.5) is 0 Å². The van der Waals surface area contributed by atoms with Crippen LogP contribution in [0, 0.1) is 5.92 Å². The first-order chi connectivity index (χ1) is 12.7. The highest BCUT2D eigenvalue weighted by atomic mass is 32.2. The predicted molar refractivity (Wildman–Crippen MR) is 100 cm³/mol. The van der Waals surface area contributed by atoms with Crippen LogP contribution in [0.25, 0.3) is 0 Å². The lowest BCUT2D eigenvalue weighted by molar-refractivity contribution is -0.149. The van der Waals surface area contributed by atoms with Crippen LogP contribution in [0.5, 0.6) is 0 Å². The van der Waals surface area contributed by atoms with Crippen molar-refractivity contribution >= 4 is 21.7 Å². The zero-order valence-electron chi connectivity index (χ0n) is 15.7. The lowest BCUT2D eigenvalue weighted by Crippen LogP contribution is -2.47. The van der Waals surface area contributed by atoms with Gasteiger partial charge in [-0.15, -0.1) is 0 Å². The number of ether oxygens (including phenoxy) is 1. The van der Waals surface area contributed by atoms with Crippen molar-refractivity contribution in [3.05, 3.63) is 29.8 Å². The maximum atomic E-state index is 12.3. The van der Waals surface area contributed by atoms with Gasteiger partial charge in [0.25, 0.3) is 0 Å². The summed E-state index contributed by atoms with van der Waals surface area (Å²) in [6, 6.07) is 5.28. The van der Waals surface area contributed by atoms with E-state index in [1.165, 1.54) is 12.1 Å². The fraction of sp³-hybridized carbons (Fsp3) is 0.556. The number of sulfone groups is 1. The van der Waals surface area contributed by atoms with Crippen LogP contribution in [0.15, 0.2) is 29.2 Å². The zero-order chi connectivity index (χ0) is 20.4. The quantitative estimate of drug-likeness (QED) is 0.361. The Kier molecular flexibility index (Phi) is 9.40. The number of carbonyl (C=O) groups is 2. The third-order valence-electron chi connectivity index (χ3n) is 3.94. The molecule has 0 radical (unpaired) electrons. The molecule has 1 aromatic carbocycles. The molecule has 0 spiro atoms. The Morgan fingerprint density at radius 1 is 1.19 bits per heavy atom. The van der Waals surface area contributed by atoms with Gasteiger partial charge in [-0.1, -0.05) is 26.0 Å². The SMILES string of the molecule is CC(C)C(NC(=O)CN)C(=O)OCCCCS(=O)(=O)c1ccc(CO)cc1. The standard InChI is InChI=1S/C18H28N2O6S/c1-13(2)17(20-16(22)11-19)18(23)26-9-3-4-10-27(24,25)15-7-5-14(12-21)6-8-15/h5-8,13,17,21H,3-4,9-12,19H2,1-2H3,(H,20,22). The number of carbonyl (C=O) groups excluding carboxylic acids is 2. The van der Waals surface area contributed by atoms with E-state index in [1.807, 2.05) is 0 Å². The van der Waals surface area contributed by atoms with Crippen molar-refractivity contribution in [2.24, 2.45) is 11.7 Å². The molecule has 0 bridgehead atoms. The van der Waals surface area contributed by atoms with E-state index in [2.05, 4.69) is 5.32 Å². The molecule has 27 heavy (non-hydrogen) atoms. The normalized spacial score (nSPS) is 12.6. The van der Waals surface area contributed by atoms with Crippen LogP contribution in [0.2, 0.25) is 0 Å². The van der Waals surface area contributed by atoms with Gasteiger partial charge in [0.1, 0.15) is 6.04 Å². The van der Waals surface area contributed by atoms with Gasteiger partial charge in [0, 0.05) is 0 Å². The van der Waals surface area contributed by atoms with Crippen LogP contribution in [-0.4, -0.2) is 50.3 Å². The Balaban J connectivity index is 2.43. The van der Waals surface area contributed by atoms with E-state index in [0.717, 1.165) is 0 Å². The van der Waals surface area contributed by atoms with Crippen molar-refractivity contribution in [3.8, 4) is 0 Å². The Bertz CT molecular complexity index is 716. The molecule has 0 saturated heterocycles. The molecule has 1 atom stereocenters. The van der Waals surface area contributed by atoms with Crippen molar-refractivity contribution < 1.29 is 27.9 Å². The van der Waals surface area contributed by atoms with Gasteiger partial charge in [0.05, 0.1) is 30.4 Å². The second-order valence-electron chi connectivity index (χ2n) is 6.49. The number of esters is 1. The second-order valence-corrected chi connectivity index (χ2v) is 8.60. The molecule has 0 fully saturated rings. The minimum Gasteiger partial charge on any atom is -0.464 e. The Hall–Kier alpha value is -1.97. The summed E-state index contributed by atoms with van der Waals surface area (Å²) >= 11 is 0. The van der Waals surface area contributed by atoms with Crippen molar-refractivity contribution in [2.45, 2.75) is 44.2 Å². The maximum Gasteiger partial charge on any atom is 0.328 e. The topological polar surface area (TPSA) is 136 Å². The van der Waals surface area contributed by atoms with E-state index in [0.29, 0.717) is 18.4 Å². The smallest absolute Gasteiger partial charge is 0.328 e. The molecule has 0 aromatic heterocycles. The van der Waals surface area contributed by atoms with Gasteiger partial charge in [0.15, 0.2) is 9.84 Å². The average molecular weight is 400 g/mol. The molecular formula is C18H28N2O6S. The van der Waals surface area contributed by atoms with Gasteiger partial charge >= 0.3 is 5.97 Å². The van der Waals surface area contributed by atoms with E-state index in [-0.39, 0.29) is 36.3 Å². The Morgan fingerprint density at radius 2 is 1.81 bits per heavy atom. The highest BCUT2D eigenvalue weighted by Crippen LogP contribution is 2.14. The number of nitrogens with one attached hydrogen (secondary N) is 1. The Morgan fingerprint density at radius 3 is 2.33 bits per heavy atom. The first kappa shape index (κ1) is 23.1. The van der Waals surface area contributed by atoms with Gasteiger partial charge < -0.3 is 20.9 Å². The largest absolute Gasteiger partial charge is 0.464 e. The summed E-state index contributed by atoms with van der Waals surface area (Å²) in [7, 11) is -3.43. The number of nitrogens with two attached hydrogens (primary N) is 1. The van der Waals surface area contributed by atoms with Crippen LogP contribution >= 0.6 is 0 Å². The lowest BCUT2D eigenvalue weighted by atomic mass is 10.0. The van der Waals surface area contributed by atoms with Gasteiger partial charge in [-0.3, -0.25) is 4.79 Å². The van der Waals surface area contributed by atoms with Crippen LogP contribution < -0.4 is 11.1 Å². The molecule has 1 unspecified atom stereocenters. The summed E-state index contributed by atoms with van der Waals surface area (Å²) in [5, 5.41) is 11.5. The van der Waals surface area contributed by atoms with Crippen molar-refractivity contribution in [1.82, 2.24) is 5.32 Å². The van der Waals surface area contributed by atoms with E-state index < -0.39 is 27.8 Å². The highest BCUT2D eigenvalue weighted by Gasteiger charge is 2.25. The third kappa shape index (κ3) is 7.66. The Labute approximate surface area is 160 Å². The summed E-state index contributed by atoms with van der Waals surface area (Å²) in [6.45, 7) is 3.26. The van der Waals surface area contributed by atoms with Gasteiger partial charge in [0.2, 0.25) is 5.91 Å². The van der Waals surface area contributed by atoms with E-state index in [9.17, 15) is 18.0 Å². The lowest BCUT2D eigenvalue weighted by Gasteiger charge is -2.20. The number of aliphatic hydroxyl groups is 1. The summed E-state index contributed by atoms with van der Waals surface area (Å²) in [5.41, 5.74) is 5.87. The molecule has 0 heterocycles. The van der Waals surface area contributed by atoms with Gasteiger partial charge in [-0.25, -0.2) is 13.2 Å². The van der Waals surface area contributed by atoms with Crippen LogP contribution in [0.1, 0.15) is 32.3 Å². The number of unbranched alkanes of at least 4 members (excludes halogenated alkanes) is 1. The molecule has 1 amide bonds. The van der Waals surface area contributed by atoms with Gasteiger partial charge in [-0.05, 0) is 36.5 Å². The first-order valence-electron chi connectivity index (χ1n) is 8.80. The summed E-state index contributed by atoms with van der Waals surface area (Å²) in [5.74, 6) is -1.23. The molecular weight excluding hydrogens is 372 g/mol. The number of aliphatic hydroxyl groups excluding tert-OH is 1. The second kappa shape index (κ2) is 11.0. The average Bonchev–Trinajstić information content (AvgIpc) is 2.65. The molecule has 152 valence electrons. The fourth-order valence-corrected chi connectivity index (χ4v) is 3.68. The first-order valence-corrected chi connectivity index (χ1v) is 10.4. The highest BCUT2D eigenvalue weighted by molar-refractivity contribution is 7.91. The molecule has 8 nitrogen and oxygen atoms in total. The number of rotatable bonds is 11. The molecule has 1 rings (SSSR count). The number of amides is 1.